The van der Waals surface area contributed by atoms with Gasteiger partial charge >= 0.3 is 0 Å². The first-order valence-corrected chi connectivity index (χ1v) is 5.05. The summed E-state index contributed by atoms with van der Waals surface area (Å²) in [5.41, 5.74) is 1.24. The first-order valence-electron chi connectivity index (χ1n) is 5.05. The van der Waals surface area contributed by atoms with Crippen molar-refractivity contribution in [2.24, 2.45) is 0 Å². The number of anilines is 1. The molecule has 2 aromatic heterocycles. The first kappa shape index (κ1) is 10.8. The van der Waals surface area contributed by atoms with Crippen LogP contribution in [0.15, 0.2) is 12.7 Å². The Morgan fingerprint density at radius 3 is 2.94 bits per heavy atom. The molecule has 0 aliphatic rings. The second-order valence-corrected chi connectivity index (χ2v) is 4.14. The lowest BCUT2D eigenvalue weighted by Crippen LogP contribution is -2.32. The second kappa shape index (κ2) is 4.05. The summed E-state index contributed by atoms with van der Waals surface area (Å²) in [6, 6.07) is 0. The number of ether oxygens (including phenoxy) is 1. The quantitative estimate of drug-likeness (QED) is 0.811. The molecule has 0 saturated carbocycles. The van der Waals surface area contributed by atoms with Gasteiger partial charge in [0.15, 0.2) is 11.5 Å². The van der Waals surface area contributed by atoms with Gasteiger partial charge in [0.1, 0.15) is 11.8 Å². The van der Waals surface area contributed by atoms with Crippen LogP contribution in [0.3, 0.4) is 0 Å². The lowest BCUT2D eigenvalue weighted by atomic mass is 10.1. The summed E-state index contributed by atoms with van der Waals surface area (Å²) >= 11 is 0. The van der Waals surface area contributed by atoms with E-state index in [-0.39, 0.29) is 5.60 Å². The molecule has 0 radical (unpaired) electrons. The number of fused-ring (bicyclic) bond motifs is 1. The van der Waals surface area contributed by atoms with Crippen molar-refractivity contribution < 1.29 is 4.74 Å². The first-order chi connectivity index (χ1) is 7.62. The zero-order valence-electron chi connectivity index (χ0n) is 9.61. The lowest BCUT2D eigenvalue weighted by Gasteiger charge is -2.23. The molecule has 0 unspecified atom stereocenters. The molecule has 0 saturated heterocycles. The molecule has 6 nitrogen and oxygen atoms in total. The van der Waals surface area contributed by atoms with E-state index in [1.54, 1.807) is 13.4 Å². The van der Waals surface area contributed by atoms with E-state index in [1.807, 2.05) is 13.8 Å². The molecular formula is C10H15N5O. The van der Waals surface area contributed by atoms with Crippen LogP contribution in [0.1, 0.15) is 13.8 Å². The van der Waals surface area contributed by atoms with E-state index in [9.17, 15) is 0 Å². The summed E-state index contributed by atoms with van der Waals surface area (Å²) < 4.78 is 5.32. The van der Waals surface area contributed by atoms with Gasteiger partial charge in [-0.15, -0.1) is 0 Å². The van der Waals surface area contributed by atoms with E-state index in [4.69, 9.17) is 4.74 Å². The largest absolute Gasteiger partial charge is 0.377 e. The van der Waals surface area contributed by atoms with Gasteiger partial charge in [-0.3, -0.25) is 0 Å². The smallest absolute Gasteiger partial charge is 0.182 e. The predicted octanol–water partition coefficient (Wildman–Crippen LogP) is 1.19. The van der Waals surface area contributed by atoms with E-state index in [0.29, 0.717) is 12.2 Å². The fourth-order valence-corrected chi connectivity index (χ4v) is 1.27. The Morgan fingerprint density at radius 2 is 2.19 bits per heavy atom. The summed E-state index contributed by atoms with van der Waals surface area (Å²) in [5.74, 6) is 0.743. The van der Waals surface area contributed by atoms with Crippen LogP contribution in [0.4, 0.5) is 5.82 Å². The van der Waals surface area contributed by atoms with Gasteiger partial charge in [-0.2, -0.15) is 0 Å². The molecule has 0 bridgehead atoms. The van der Waals surface area contributed by atoms with Crippen molar-refractivity contribution in [1.82, 2.24) is 19.9 Å². The van der Waals surface area contributed by atoms with Crippen molar-refractivity contribution in [1.29, 1.82) is 0 Å². The molecule has 2 rings (SSSR count). The van der Waals surface area contributed by atoms with Gasteiger partial charge < -0.3 is 15.0 Å². The average molecular weight is 221 g/mol. The lowest BCUT2D eigenvalue weighted by molar-refractivity contribution is 0.0343. The van der Waals surface area contributed by atoms with Gasteiger partial charge in [0.2, 0.25) is 0 Å². The Bertz CT molecular complexity index is 479. The van der Waals surface area contributed by atoms with Gasteiger partial charge in [-0.25, -0.2) is 15.0 Å². The zero-order valence-corrected chi connectivity index (χ0v) is 9.61. The van der Waals surface area contributed by atoms with Crippen LogP contribution in [0.2, 0.25) is 0 Å². The molecule has 0 amide bonds. The zero-order chi connectivity index (χ0) is 11.6. The third-order valence-electron chi connectivity index (χ3n) is 2.46. The van der Waals surface area contributed by atoms with Crippen LogP contribution in [0.5, 0.6) is 0 Å². The van der Waals surface area contributed by atoms with Gasteiger partial charge in [-0.05, 0) is 13.8 Å². The third-order valence-corrected chi connectivity index (χ3v) is 2.46. The normalized spacial score (nSPS) is 11.9. The second-order valence-electron chi connectivity index (χ2n) is 4.14. The maximum atomic E-state index is 5.32. The molecule has 0 aliphatic carbocycles. The predicted molar refractivity (Wildman–Crippen MR) is 61.3 cm³/mol. The number of imidazole rings is 1. The van der Waals surface area contributed by atoms with E-state index in [0.717, 1.165) is 11.3 Å². The molecule has 2 heterocycles. The van der Waals surface area contributed by atoms with Gasteiger partial charge in [-0.1, -0.05) is 0 Å². The molecule has 86 valence electrons. The summed E-state index contributed by atoms with van der Waals surface area (Å²) in [5, 5.41) is 3.22. The van der Waals surface area contributed by atoms with Crippen LogP contribution >= 0.6 is 0 Å². The standard InChI is InChI=1S/C10H15N5O/c1-10(2,16-3)4-11-8-7-9(13-5-12-7)15-6-14-8/h5-6H,4H2,1-3H3,(H2,11,12,13,14,15). The average Bonchev–Trinajstić information content (AvgIpc) is 2.75. The number of methoxy groups -OCH3 is 1. The molecule has 16 heavy (non-hydrogen) atoms. The van der Waals surface area contributed by atoms with Crippen molar-refractivity contribution in [3.05, 3.63) is 12.7 Å². The monoisotopic (exact) mass is 221 g/mol. The summed E-state index contributed by atoms with van der Waals surface area (Å²) in [6.07, 6.45) is 3.09. The van der Waals surface area contributed by atoms with Gasteiger partial charge in [0.05, 0.1) is 11.9 Å². The van der Waals surface area contributed by atoms with Gasteiger partial charge in [0.25, 0.3) is 0 Å². The third kappa shape index (κ3) is 2.11. The maximum Gasteiger partial charge on any atom is 0.182 e. The van der Waals surface area contributed by atoms with E-state index >= 15 is 0 Å². The Hall–Kier alpha value is -1.69. The van der Waals surface area contributed by atoms with Crippen molar-refractivity contribution in [2.75, 3.05) is 19.0 Å². The topological polar surface area (TPSA) is 75.7 Å². The van der Waals surface area contributed by atoms with E-state index in [2.05, 4.69) is 25.3 Å². The number of aromatic nitrogens is 4. The fourth-order valence-electron chi connectivity index (χ4n) is 1.27. The van der Waals surface area contributed by atoms with Crippen LogP contribution in [0.25, 0.3) is 11.2 Å². The van der Waals surface area contributed by atoms with Crippen molar-refractivity contribution in [3.8, 4) is 0 Å². The highest BCUT2D eigenvalue weighted by atomic mass is 16.5. The molecule has 0 spiro atoms. The van der Waals surface area contributed by atoms with Gasteiger partial charge in [0, 0.05) is 13.7 Å². The molecule has 6 heteroatoms. The fraction of sp³-hybridized carbons (Fsp3) is 0.500. The molecule has 0 atom stereocenters. The Kier molecular flexibility index (Phi) is 2.74. The summed E-state index contributed by atoms with van der Waals surface area (Å²) in [4.78, 5) is 15.3. The maximum absolute atomic E-state index is 5.32. The Labute approximate surface area is 93.5 Å². The molecule has 2 aromatic rings. The number of rotatable bonds is 4. The molecule has 0 fully saturated rings. The number of nitrogens with one attached hydrogen (secondary N) is 2. The highest BCUT2D eigenvalue weighted by molar-refractivity contribution is 5.81. The Morgan fingerprint density at radius 1 is 1.38 bits per heavy atom. The Balaban J connectivity index is 2.18. The highest BCUT2D eigenvalue weighted by Crippen LogP contribution is 2.16. The molecule has 0 aliphatic heterocycles. The van der Waals surface area contributed by atoms with Crippen LogP contribution in [0, 0.1) is 0 Å². The van der Waals surface area contributed by atoms with Crippen molar-refractivity contribution in [3.63, 3.8) is 0 Å². The minimum Gasteiger partial charge on any atom is -0.377 e. The van der Waals surface area contributed by atoms with Crippen LogP contribution in [-0.4, -0.2) is 39.2 Å². The minimum atomic E-state index is -0.239. The van der Waals surface area contributed by atoms with E-state index < -0.39 is 0 Å². The molecule has 0 aromatic carbocycles. The van der Waals surface area contributed by atoms with Crippen molar-refractivity contribution in [2.45, 2.75) is 19.4 Å². The van der Waals surface area contributed by atoms with Crippen LogP contribution < -0.4 is 5.32 Å². The number of aromatic amines is 1. The number of hydrogen-bond donors (Lipinski definition) is 2. The van der Waals surface area contributed by atoms with Crippen LogP contribution in [-0.2, 0) is 4.74 Å². The summed E-state index contributed by atoms with van der Waals surface area (Å²) in [6.45, 7) is 4.67. The summed E-state index contributed by atoms with van der Waals surface area (Å²) in [7, 11) is 1.69. The molecular weight excluding hydrogens is 206 g/mol. The minimum absolute atomic E-state index is 0.239. The molecule has 2 N–H and O–H groups in total. The highest BCUT2D eigenvalue weighted by Gasteiger charge is 2.17. The number of hydrogen-bond acceptors (Lipinski definition) is 5. The number of H-pyrrole nitrogens is 1. The number of nitrogens with zero attached hydrogens (tertiary/aromatic N) is 3. The SMILES string of the molecule is COC(C)(C)CNc1ncnc2nc[nH]c12. The van der Waals surface area contributed by atoms with E-state index in [1.165, 1.54) is 6.33 Å². The van der Waals surface area contributed by atoms with Crippen molar-refractivity contribution >= 4 is 17.0 Å².